The van der Waals surface area contributed by atoms with Crippen LogP contribution in [0.1, 0.15) is 25.7 Å². The molecule has 0 aliphatic heterocycles. The molecule has 1 aliphatic carbocycles. The largest absolute Gasteiger partial charge is 0.481 e. The van der Waals surface area contributed by atoms with Gasteiger partial charge in [-0.15, -0.1) is 6.42 Å². The van der Waals surface area contributed by atoms with E-state index in [1.165, 1.54) is 0 Å². The van der Waals surface area contributed by atoms with Crippen molar-refractivity contribution in [1.29, 1.82) is 0 Å². The minimum absolute atomic E-state index is 0.0454. The van der Waals surface area contributed by atoms with Crippen molar-refractivity contribution in [3.63, 3.8) is 0 Å². The van der Waals surface area contributed by atoms with Crippen molar-refractivity contribution in [2.45, 2.75) is 25.7 Å². The van der Waals surface area contributed by atoms with Gasteiger partial charge in [-0.2, -0.15) is 0 Å². The molecule has 0 aromatic heterocycles. The Labute approximate surface area is 89.3 Å². The molecule has 1 fully saturated rings. The third-order valence-corrected chi connectivity index (χ3v) is 2.36. The highest BCUT2D eigenvalue weighted by Gasteiger charge is 2.26. The van der Waals surface area contributed by atoms with Crippen molar-refractivity contribution < 1.29 is 14.7 Å². The molecule has 0 unspecified atom stereocenters. The predicted octanol–water partition coefficient (Wildman–Crippen LogP) is 0.723. The first kappa shape index (κ1) is 11.6. The lowest BCUT2D eigenvalue weighted by Gasteiger charge is -2.19. The molecule has 15 heavy (non-hydrogen) atoms. The molecule has 0 saturated heterocycles. The van der Waals surface area contributed by atoms with Crippen LogP contribution in [0.15, 0.2) is 0 Å². The van der Waals surface area contributed by atoms with E-state index in [0.29, 0.717) is 12.5 Å². The molecule has 1 saturated carbocycles. The Morgan fingerprint density at radius 1 is 1.40 bits per heavy atom. The number of carboxylic acid groups (broad SMARTS) is 1. The van der Waals surface area contributed by atoms with E-state index in [2.05, 4.69) is 5.92 Å². The second-order valence-electron chi connectivity index (χ2n) is 3.82. The zero-order valence-electron chi connectivity index (χ0n) is 8.61. The van der Waals surface area contributed by atoms with Crippen LogP contribution in [0.4, 0.5) is 0 Å². The van der Waals surface area contributed by atoms with Crippen LogP contribution in [0.25, 0.3) is 0 Å². The zero-order valence-corrected chi connectivity index (χ0v) is 8.61. The summed E-state index contributed by atoms with van der Waals surface area (Å²) in [6.45, 7) is 0.970. The molecular formula is C11H15NO3. The van der Waals surface area contributed by atoms with Crippen LogP contribution >= 0.6 is 0 Å². The monoisotopic (exact) mass is 209 g/mol. The van der Waals surface area contributed by atoms with Gasteiger partial charge in [0.15, 0.2) is 0 Å². The lowest BCUT2D eigenvalue weighted by Crippen LogP contribution is -2.33. The maximum atomic E-state index is 11.6. The number of carbonyl (C=O) groups excluding carboxylic acids is 1. The minimum atomic E-state index is -0.949. The lowest BCUT2D eigenvalue weighted by molar-refractivity contribution is -0.140. The van der Waals surface area contributed by atoms with Crippen LogP contribution in [0, 0.1) is 18.3 Å². The Kier molecular flexibility index (Phi) is 4.17. The Morgan fingerprint density at radius 2 is 2.07 bits per heavy atom. The van der Waals surface area contributed by atoms with Crippen molar-refractivity contribution in [3.05, 3.63) is 0 Å². The predicted molar refractivity (Wildman–Crippen MR) is 55.0 cm³/mol. The molecule has 1 aliphatic rings. The fraction of sp³-hybridized carbons (Fsp3) is 0.636. The van der Waals surface area contributed by atoms with E-state index < -0.39 is 5.97 Å². The number of hydrogen-bond acceptors (Lipinski definition) is 2. The van der Waals surface area contributed by atoms with Crippen LogP contribution < -0.4 is 0 Å². The molecule has 0 bridgehead atoms. The van der Waals surface area contributed by atoms with Gasteiger partial charge in [-0.3, -0.25) is 9.59 Å². The van der Waals surface area contributed by atoms with E-state index in [-0.39, 0.29) is 25.3 Å². The van der Waals surface area contributed by atoms with Crippen LogP contribution in [0.3, 0.4) is 0 Å². The number of nitrogens with zero attached hydrogens (tertiary/aromatic N) is 1. The summed E-state index contributed by atoms with van der Waals surface area (Å²) in [6.07, 6.45) is 7.38. The molecule has 0 heterocycles. The number of terminal acetylenes is 1. The average Bonchev–Trinajstić information content (AvgIpc) is 2.97. The maximum Gasteiger partial charge on any atom is 0.303 e. The highest BCUT2D eigenvalue weighted by Crippen LogP contribution is 2.29. The number of amides is 1. The van der Waals surface area contributed by atoms with Crippen molar-refractivity contribution in [2.24, 2.45) is 5.92 Å². The normalized spacial score (nSPS) is 14.3. The van der Waals surface area contributed by atoms with Gasteiger partial charge < -0.3 is 10.0 Å². The molecule has 4 nitrogen and oxygen atoms in total. The van der Waals surface area contributed by atoms with E-state index in [1.807, 2.05) is 0 Å². The topological polar surface area (TPSA) is 57.6 Å². The van der Waals surface area contributed by atoms with Gasteiger partial charge in [0.2, 0.25) is 5.91 Å². The SMILES string of the molecule is C#CCN(CC1CC1)C(=O)CCC(=O)O. The maximum absolute atomic E-state index is 11.6. The first-order valence-corrected chi connectivity index (χ1v) is 5.06. The molecule has 1 rings (SSSR count). The van der Waals surface area contributed by atoms with E-state index in [4.69, 9.17) is 11.5 Å². The Hall–Kier alpha value is -1.50. The quantitative estimate of drug-likeness (QED) is 0.656. The van der Waals surface area contributed by atoms with Crippen molar-refractivity contribution in [2.75, 3.05) is 13.1 Å². The fourth-order valence-corrected chi connectivity index (χ4v) is 1.35. The molecule has 4 heteroatoms. The van der Waals surface area contributed by atoms with Crippen molar-refractivity contribution in [3.8, 4) is 12.3 Å². The van der Waals surface area contributed by atoms with Crippen molar-refractivity contribution >= 4 is 11.9 Å². The van der Waals surface area contributed by atoms with E-state index in [0.717, 1.165) is 12.8 Å². The molecule has 0 radical (unpaired) electrons. The van der Waals surface area contributed by atoms with Gasteiger partial charge in [-0.05, 0) is 18.8 Å². The summed E-state index contributed by atoms with van der Waals surface area (Å²) < 4.78 is 0. The highest BCUT2D eigenvalue weighted by molar-refractivity contribution is 5.80. The highest BCUT2D eigenvalue weighted by atomic mass is 16.4. The summed E-state index contributed by atoms with van der Waals surface area (Å²) in [5, 5.41) is 8.46. The van der Waals surface area contributed by atoms with E-state index in [1.54, 1.807) is 4.90 Å². The second-order valence-corrected chi connectivity index (χ2v) is 3.82. The first-order valence-electron chi connectivity index (χ1n) is 5.06. The van der Waals surface area contributed by atoms with Crippen LogP contribution in [-0.4, -0.2) is 35.0 Å². The number of carbonyl (C=O) groups is 2. The Morgan fingerprint density at radius 3 is 2.53 bits per heavy atom. The summed E-state index contributed by atoms with van der Waals surface area (Å²) in [5.41, 5.74) is 0. The second kappa shape index (κ2) is 5.40. The number of aliphatic carboxylic acids is 1. The first-order chi connectivity index (χ1) is 7.13. The van der Waals surface area contributed by atoms with Gasteiger partial charge in [0, 0.05) is 13.0 Å². The molecular weight excluding hydrogens is 194 g/mol. The lowest BCUT2D eigenvalue weighted by atomic mass is 10.2. The molecule has 1 N–H and O–H groups in total. The standard InChI is InChI=1S/C11H15NO3/c1-2-7-12(8-9-3-4-9)10(13)5-6-11(14)15/h1,9H,3-8H2,(H,14,15). The summed E-state index contributed by atoms with van der Waals surface area (Å²) in [6, 6.07) is 0. The Balaban J connectivity index is 2.35. The third kappa shape index (κ3) is 4.50. The minimum Gasteiger partial charge on any atom is -0.481 e. The molecule has 82 valence electrons. The van der Waals surface area contributed by atoms with Crippen molar-refractivity contribution in [1.82, 2.24) is 4.90 Å². The van der Waals surface area contributed by atoms with Gasteiger partial charge in [0.1, 0.15) is 0 Å². The summed E-state index contributed by atoms with van der Waals surface area (Å²) >= 11 is 0. The van der Waals surface area contributed by atoms with Crippen LogP contribution in [-0.2, 0) is 9.59 Å². The number of rotatable bonds is 6. The van der Waals surface area contributed by atoms with E-state index >= 15 is 0 Å². The molecule has 1 amide bonds. The van der Waals surface area contributed by atoms with Gasteiger partial charge >= 0.3 is 5.97 Å². The van der Waals surface area contributed by atoms with Crippen LogP contribution in [0.2, 0.25) is 0 Å². The number of carboxylic acids is 1. The van der Waals surface area contributed by atoms with Gasteiger partial charge in [0.25, 0.3) is 0 Å². The van der Waals surface area contributed by atoms with Gasteiger partial charge in [-0.1, -0.05) is 5.92 Å². The summed E-state index contributed by atoms with van der Waals surface area (Å²) in [7, 11) is 0. The van der Waals surface area contributed by atoms with Gasteiger partial charge in [0.05, 0.1) is 13.0 Å². The molecule has 0 atom stereocenters. The third-order valence-electron chi connectivity index (χ3n) is 2.36. The summed E-state index contributed by atoms with van der Waals surface area (Å²) in [5.74, 6) is 1.90. The molecule has 0 aromatic carbocycles. The zero-order chi connectivity index (χ0) is 11.3. The molecule has 0 spiro atoms. The number of hydrogen-bond donors (Lipinski definition) is 1. The van der Waals surface area contributed by atoms with Gasteiger partial charge in [-0.25, -0.2) is 0 Å². The fourth-order valence-electron chi connectivity index (χ4n) is 1.35. The molecule has 0 aromatic rings. The average molecular weight is 209 g/mol. The van der Waals surface area contributed by atoms with E-state index in [9.17, 15) is 9.59 Å². The van der Waals surface area contributed by atoms with Crippen LogP contribution in [0.5, 0.6) is 0 Å². The Bertz CT molecular complexity index is 289. The summed E-state index contributed by atoms with van der Waals surface area (Å²) in [4.78, 5) is 23.5. The smallest absolute Gasteiger partial charge is 0.303 e.